The molecule has 1 N–H and O–H groups in total. The van der Waals surface area contributed by atoms with E-state index < -0.39 is 5.97 Å². The Bertz CT molecular complexity index is 902. The number of amides is 1. The summed E-state index contributed by atoms with van der Waals surface area (Å²) >= 11 is 1.27. The van der Waals surface area contributed by atoms with Gasteiger partial charge in [0.1, 0.15) is 0 Å². The maximum Gasteiger partial charge on any atom is 0.339 e. The van der Waals surface area contributed by atoms with Gasteiger partial charge in [0.05, 0.1) is 11.3 Å². The van der Waals surface area contributed by atoms with Crippen molar-refractivity contribution in [1.82, 2.24) is 9.88 Å². The van der Waals surface area contributed by atoms with Gasteiger partial charge in [-0.25, -0.2) is 4.79 Å². The van der Waals surface area contributed by atoms with Gasteiger partial charge < -0.3 is 14.6 Å². The molecule has 0 aliphatic rings. The predicted octanol–water partition coefficient (Wildman–Crippen LogP) is 3.78. The Morgan fingerprint density at radius 2 is 1.83 bits per heavy atom. The van der Waals surface area contributed by atoms with Crippen LogP contribution in [0.2, 0.25) is 0 Å². The van der Waals surface area contributed by atoms with Gasteiger partial charge in [0.2, 0.25) is 11.7 Å². The Morgan fingerprint density at radius 3 is 2.45 bits per heavy atom. The number of nitrogens with one attached hydrogen (secondary N) is 1. The normalized spacial score (nSPS) is 10.8. The summed E-state index contributed by atoms with van der Waals surface area (Å²) < 4.78 is 7.33. The van der Waals surface area contributed by atoms with E-state index in [1.807, 2.05) is 45.3 Å². The van der Waals surface area contributed by atoms with E-state index in [1.54, 1.807) is 24.3 Å². The molecule has 0 fully saturated rings. The molecule has 0 saturated carbocycles. The van der Waals surface area contributed by atoms with Crippen LogP contribution in [0.4, 0.5) is 0 Å². The number of nitrogens with zero attached hydrogens (tertiary/aromatic N) is 1. The fraction of sp³-hybridized carbons (Fsp3) is 0.409. The number of ketones is 1. The molecule has 0 aliphatic heterocycles. The number of carbonyl (C=O) groups excluding carboxylic acids is 3. The highest BCUT2D eigenvalue weighted by atomic mass is 32.2. The third-order valence-electron chi connectivity index (χ3n) is 4.44. The van der Waals surface area contributed by atoms with Crippen molar-refractivity contribution < 1.29 is 19.1 Å². The van der Waals surface area contributed by atoms with Gasteiger partial charge >= 0.3 is 5.97 Å². The molecule has 2 rings (SSSR count). The minimum Gasteiger partial charge on any atom is -0.454 e. The van der Waals surface area contributed by atoms with Crippen LogP contribution >= 0.6 is 11.8 Å². The summed E-state index contributed by atoms with van der Waals surface area (Å²) in [7, 11) is 0. The smallest absolute Gasteiger partial charge is 0.339 e. The first kappa shape index (κ1) is 22.7. The summed E-state index contributed by atoms with van der Waals surface area (Å²) in [5, 5.41) is 2.81. The third-order valence-corrected chi connectivity index (χ3v) is 5.51. The first-order valence-corrected chi connectivity index (χ1v) is 10.6. The highest BCUT2D eigenvalue weighted by Crippen LogP contribution is 2.23. The lowest BCUT2D eigenvalue weighted by Crippen LogP contribution is -2.31. The fourth-order valence-electron chi connectivity index (χ4n) is 3.12. The monoisotopic (exact) mass is 416 g/mol. The van der Waals surface area contributed by atoms with Crippen LogP contribution in [0.1, 0.15) is 52.9 Å². The first-order valence-electron chi connectivity index (χ1n) is 9.62. The number of benzene rings is 1. The summed E-state index contributed by atoms with van der Waals surface area (Å²) in [6.45, 7) is 10.1. The molecule has 29 heavy (non-hydrogen) atoms. The lowest BCUT2D eigenvalue weighted by molar-refractivity contribution is -0.119. The molecule has 2 aromatic rings. The lowest BCUT2D eigenvalue weighted by Gasteiger charge is -2.11. The number of rotatable bonds is 9. The minimum atomic E-state index is -0.574. The molecule has 1 amide bonds. The van der Waals surface area contributed by atoms with Gasteiger partial charge in [-0.3, -0.25) is 9.59 Å². The Hall–Kier alpha value is -2.54. The summed E-state index contributed by atoms with van der Waals surface area (Å²) in [6.07, 6.45) is 0. The second-order valence-corrected chi connectivity index (χ2v) is 8.05. The number of hydrogen-bond donors (Lipinski definition) is 1. The summed E-state index contributed by atoms with van der Waals surface area (Å²) in [5.41, 5.74) is 2.80. The number of carbonyl (C=O) groups is 3. The largest absolute Gasteiger partial charge is 0.454 e. The molecule has 1 heterocycles. The molecule has 0 atom stereocenters. The van der Waals surface area contributed by atoms with Crippen molar-refractivity contribution in [3.8, 4) is 0 Å². The zero-order chi connectivity index (χ0) is 21.6. The van der Waals surface area contributed by atoms with E-state index in [2.05, 4.69) is 5.32 Å². The average molecular weight is 417 g/mol. The van der Waals surface area contributed by atoms with E-state index in [9.17, 15) is 14.4 Å². The zero-order valence-electron chi connectivity index (χ0n) is 17.6. The molecule has 6 nitrogen and oxygen atoms in total. The summed E-state index contributed by atoms with van der Waals surface area (Å²) in [5.74, 6) is -0.707. The van der Waals surface area contributed by atoms with Crippen molar-refractivity contribution in [2.45, 2.75) is 52.1 Å². The van der Waals surface area contributed by atoms with Crippen LogP contribution in [0, 0.1) is 13.8 Å². The highest BCUT2D eigenvalue weighted by Gasteiger charge is 2.19. The Kier molecular flexibility index (Phi) is 8.08. The van der Waals surface area contributed by atoms with Gasteiger partial charge in [-0.2, -0.15) is 0 Å². The standard InChI is InChI=1S/C22H28N2O4S/c1-6-24-15(4)11-18(16(24)5)19(25)12-28-22(27)17-9-7-8-10-20(17)29-13-21(26)23-14(2)3/h7-11,14H,6,12-13H2,1-5H3,(H,23,26). The van der Waals surface area contributed by atoms with Crippen LogP contribution in [0.3, 0.4) is 0 Å². The molecule has 7 heteroatoms. The summed E-state index contributed by atoms with van der Waals surface area (Å²) in [6, 6.07) is 8.81. The zero-order valence-corrected chi connectivity index (χ0v) is 18.4. The van der Waals surface area contributed by atoms with Crippen molar-refractivity contribution in [3.05, 3.63) is 52.8 Å². The van der Waals surface area contributed by atoms with E-state index >= 15 is 0 Å². The fourth-order valence-corrected chi connectivity index (χ4v) is 3.98. The number of thioether (sulfide) groups is 1. The minimum absolute atomic E-state index is 0.0592. The van der Waals surface area contributed by atoms with E-state index in [4.69, 9.17) is 4.74 Å². The first-order chi connectivity index (χ1) is 13.7. The molecule has 0 saturated heterocycles. The van der Waals surface area contributed by atoms with Gasteiger partial charge in [0.15, 0.2) is 6.61 Å². The molecule has 0 aliphatic carbocycles. The molecular formula is C22H28N2O4S. The molecule has 156 valence electrons. The maximum absolute atomic E-state index is 12.5. The van der Waals surface area contributed by atoms with Crippen molar-refractivity contribution in [3.63, 3.8) is 0 Å². The Morgan fingerprint density at radius 1 is 1.14 bits per heavy atom. The molecule has 0 spiro atoms. The second kappa shape index (κ2) is 10.3. The number of esters is 1. The average Bonchev–Trinajstić information content (AvgIpc) is 2.97. The summed E-state index contributed by atoms with van der Waals surface area (Å²) in [4.78, 5) is 37.6. The maximum atomic E-state index is 12.5. The van der Waals surface area contributed by atoms with Gasteiger partial charge in [-0.15, -0.1) is 11.8 Å². The molecule has 1 aromatic heterocycles. The number of Topliss-reactive ketones (excluding diaryl/α,β-unsaturated/α-hetero) is 1. The lowest BCUT2D eigenvalue weighted by atomic mass is 10.1. The van der Waals surface area contributed by atoms with Gasteiger partial charge in [-0.1, -0.05) is 12.1 Å². The van der Waals surface area contributed by atoms with E-state index in [-0.39, 0.29) is 30.1 Å². The van der Waals surface area contributed by atoms with Crippen LogP contribution in [-0.2, 0) is 16.1 Å². The van der Waals surface area contributed by atoms with Crippen molar-refractivity contribution >= 4 is 29.4 Å². The Balaban J connectivity index is 2.02. The second-order valence-electron chi connectivity index (χ2n) is 7.04. The van der Waals surface area contributed by atoms with E-state index in [0.29, 0.717) is 16.0 Å². The number of hydrogen-bond acceptors (Lipinski definition) is 5. The quantitative estimate of drug-likeness (QED) is 0.382. The Labute approximate surface area is 176 Å². The number of aryl methyl sites for hydroxylation is 1. The highest BCUT2D eigenvalue weighted by molar-refractivity contribution is 8.00. The van der Waals surface area contributed by atoms with Crippen LogP contribution in [-0.4, -0.2) is 40.6 Å². The van der Waals surface area contributed by atoms with Crippen LogP contribution in [0.15, 0.2) is 35.2 Å². The molecule has 0 radical (unpaired) electrons. The van der Waals surface area contributed by atoms with Gasteiger partial charge in [0.25, 0.3) is 0 Å². The number of aromatic nitrogens is 1. The van der Waals surface area contributed by atoms with Crippen LogP contribution in [0.5, 0.6) is 0 Å². The van der Waals surface area contributed by atoms with Crippen molar-refractivity contribution in [2.24, 2.45) is 0 Å². The van der Waals surface area contributed by atoms with E-state index in [1.165, 1.54) is 11.8 Å². The third kappa shape index (κ3) is 5.97. The van der Waals surface area contributed by atoms with Crippen LogP contribution < -0.4 is 5.32 Å². The van der Waals surface area contributed by atoms with E-state index in [0.717, 1.165) is 17.9 Å². The van der Waals surface area contributed by atoms with Crippen LogP contribution in [0.25, 0.3) is 0 Å². The molecule has 0 bridgehead atoms. The SMILES string of the molecule is CCn1c(C)cc(C(=O)COC(=O)c2ccccc2SCC(=O)NC(C)C)c1C. The van der Waals surface area contributed by atoms with Gasteiger partial charge in [-0.05, 0) is 52.8 Å². The van der Waals surface area contributed by atoms with Crippen molar-refractivity contribution in [2.75, 3.05) is 12.4 Å². The topological polar surface area (TPSA) is 77.4 Å². The predicted molar refractivity (Wildman–Crippen MR) is 115 cm³/mol. The molecule has 1 aromatic carbocycles. The van der Waals surface area contributed by atoms with Gasteiger partial charge in [0, 0.05) is 34.4 Å². The molecular weight excluding hydrogens is 388 g/mol. The van der Waals surface area contributed by atoms with Crippen molar-refractivity contribution in [1.29, 1.82) is 0 Å². The number of ether oxygens (including phenoxy) is 1. The molecule has 0 unspecified atom stereocenters.